The molecule has 376 valence electrons. The van der Waals surface area contributed by atoms with Crippen LogP contribution in [0, 0.1) is 34.6 Å². The molecule has 0 aromatic heterocycles. The molecule has 11 aromatic rings. The quantitative estimate of drug-likeness (QED) is 0.0892. The van der Waals surface area contributed by atoms with Crippen molar-refractivity contribution < 1.29 is 0 Å². The van der Waals surface area contributed by atoms with E-state index in [4.69, 9.17) is 0 Å². The standard InChI is InChI=1S/C74H65N3/c1-51-11-29-60(30-12-51)75(61-31-13-52(2)14-32-61)66-41-44-69-72-48-67(76(62-33-15-53(3)16-34-62)63-35-17-54(4)18-36-63)42-45-70(72)74-50-68(43-46-71(74)73(69)49-66)77(64-37-19-55(5)20-38-64)65-39-27-57(28-40-65)22-21-56-23-25-59(26-24-56)47-58-9-7-6-8-10-58/h11-50H,6-10H2,1-5H3. The highest BCUT2D eigenvalue weighted by Gasteiger charge is 2.21. The second kappa shape index (κ2) is 21.4. The van der Waals surface area contributed by atoms with Crippen molar-refractivity contribution in [3.8, 4) is 0 Å². The van der Waals surface area contributed by atoms with Gasteiger partial charge in [0.15, 0.2) is 0 Å². The van der Waals surface area contributed by atoms with Gasteiger partial charge in [-0.25, -0.2) is 0 Å². The number of hydrogen-bond acceptors (Lipinski definition) is 3. The Labute approximate surface area is 455 Å². The van der Waals surface area contributed by atoms with Crippen molar-refractivity contribution in [3.63, 3.8) is 0 Å². The maximum Gasteiger partial charge on any atom is 0.0468 e. The fourth-order valence-corrected chi connectivity index (χ4v) is 11.2. The third-order valence-corrected chi connectivity index (χ3v) is 15.5. The Bertz CT molecular complexity index is 3710. The lowest BCUT2D eigenvalue weighted by Gasteiger charge is -2.28. The van der Waals surface area contributed by atoms with Crippen LogP contribution in [0.3, 0.4) is 0 Å². The molecule has 77 heavy (non-hydrogen) atoms. The van der Waals surface area contributed by atoms with Gasteiger partial charge in [-0.05, 0) is 219 Å². The predicted molar refractivity (Wildman–Crippen MR) is 333 cm³/mol. The minimum absolute atomic E-state index is 1.09. The highest BCUT2D eigenvalue weighted by Crippen LogP contribution is 2.46. The molecule has 11 aromatic carbocycles. The van der Waals surface area contributed by atoms with Crippen LogP contribution in [0.4, 0.5) is 51.2 Å². The summed E-state index contributed by atoms with van der Waals surface area (Å²) in [7, 11) is 0. The van der Waals surface area contributed by atoms with Crippen LogP contribution in [0.1, 0.15) is 76.6 Å². The molecule has 1 aliphatic carbocycles. The molecular formula is C74H65N3. The maximum atomic E-state index is 2.42. The summed E-state index contributed by atoms with van der Waals surface area (Å²) >= 11 is 0. The SMILES string of the molecule is Cc1ccc(N(c2ccc(C)cc2)c2ccc3c(c2)c2ccc(N(c4ccc(C)cc4)c4ccc(C)cc4)cc2c2ccc(N(c4ccc(C)cc4)c4ccc(C=Cc5ccc(C=C6CCCCC6)cc5)cc4)cc32)cc1. The Morgan fingerprint density at radius 2 is 0.494 bits per heavy atom. The summed E-state index contributed by atoms with van der Waals surface area (Å²) in [6.07, 6.45) is 13.3. The van der Waals surface area contributed by atoms with Crippen LogP contribution in [0.2, 0.25) is 0 Å². The van der Waals surface area contributed by atoms with Crippen LogP contribution < -0.4 is 14.7 Å². The van der Waals surface area contributed by atoms with Gasteiger partial charge in [-0.15, -0.1) is 0 Å². The zero-order valence-electron chi connectivity index (χ0n) is 45.0. The second-order valence-electron chi connectivity index (χ2n) is 21.3. The van der Waals surface area contributed by atoms with E-state index < -0.39 is 0 Å². The highest BCUT2D eigenvalue weighted by atomic mass is 15.2. The Morgan fingerprint density at radius 1 is 0.247 bits per heavy atom. The first-order chi connectivity index (χ1) is 37.7. The van der Waals surface area contributed by atoms with Crippen molar-refractivity contribution >= 4 is 102 Å². The Hall–Kier alpha value is -8.92. The van der Waals surface area contributed by atoms with Gasteiger partial charge in [-0.2, -0.15) is 0 Å². The smallest absolute Gasteiger partial charge is 0.0468 e. The fourth-order valence-electron chi connectivity index (χ4n) is 11.2. The van der Waals surface area contributed by atoms with Gasteiger partial charge < -0.3 is 14.7 Å². The first kappa shape index (κ1) is 49.0. The Morgan fingerprint density at radius 3 is 0.792 bits per heavy atom. The molecule has 3 nitrogen and oxygen atoms in total. The van der Waals surface area contributed by atoms with Crippen LogP contribution in [0.25, 0.3) is 50.5 Å². The van der Waals surface area contributed by atoms with Gasteiger partial charge in [0.05, 0.1) is 0 Å². The van der Waals surface area contributed by atoms with E-state index in [1.807, 2.05) is 0 Å². The molecule has 0 bridgehead atoms. The molecule has 1 aliphatic rings. The van der Waals surface area contributed by atoms with E-state index >= 15 is 0 Å². The molecule has 0 radical (unpaired) electrons. The van der Waals surface area contributed by atoms with Gasteiger partial charge in [-0.1, -0.05) is 173 Å². The molecule has 1 saturated carbocycles. The molecule has 12 rings (SSSR count). The average Bonchev–Trinajstić information content (AvgIpc) is 3.48. The minimum atomic E-state index is 1.09. The molecule has 1 fully saturated rings. The number of rotatable bonds is 12. The lowest BCUT2D eigenvalue weighted by molar-refractivity contribution is 0.602. The Balaban J connectivity index is 1.01. The van der Waals surface area contributed by atoms with Gasteiger partial charge >= 0.3 is 0 Å². The molecule has 0 N–H and O–H groups in total. The van der Waals surface area contributed by atoms with E-state index in [0.717, 1.165) is 56.7 Å². The number of anilines is 9. The number of fused-ring (bicyclic) bond motifs is 6. The lowest BCUT2D eigenvalue weighted by atomic mass is 9.92. The summed E-state index contributed by atoms with van der Waals surface area (Å²) in [6, 6.07) is 83.6. The van der Waals surface area contributed by atoms with E-state index in [1.54, 1.807) is 5.57 Å². The third kappa shape index (κ3) is 10.4. The monoisotopic (exact) mass is 996 g/mol. The maximum absolute atomic E-state index is 2.42. The third-order valence-electron chi connectivity index (χ3n) is 15.5. The summed E-state index contributed by atoms with van der Waals surface area (Å²) in [6.45, 7) is 10.8. The first-order valence-corrected chi connectivity index (χ1v) is 27.4. The van der Waals surface area contributed by atoms with Crippen molar-refractivity contribution in [2.75, 3.05) is 14.7 Å². The lowest BCUT2D eigenvalue weighted by Crippen LogP contribution is -2.11. The van der Waals surface area contributed by atoms with Gasteiger partial charge in [0, 0.05) is 51.2 Å². The summed E-state index contributed by atoms with van der Waals surface area (Å²) < 4.78 is 0. The van der Waals surface area contributed by atoms with Crippen molar-refractivity contribution in [1.29, 1.82) is 0 Å². The minimum Gasteiger partial charge on any atom is -0.310 e. The zero-order valence-corrected chi connectivity index (χ0v) is 45.0. The summed E-state index contributed by atoms with van der Waals surface area (Å²) in [5, 5.41) is 7.21. The van der Waals surface area contributed by atoms with Crippen molar-refractivity contribution in [3.05, 3.63) is 275 Å². The van der Waals surface area contributed by atoms with Crippen LogP contribution in [0.5, 0.6) is 0 Å². The molecule has 0 amide bonds. The molecular weight excluding hydrogens is 931 g/mol. The van der Waals surface area contributed by atoms with E-state index in [9.17, 15) is 0 Å². The number of allylic oxidation sites excluding steroid dienone is 1. The number of benzene rings is 11. The summed E-state index contributed by atoms with van der Waals surface area (Å²) in [5.74, 6) is 0. The van der Waals surface area contributed by atoms with Gasteiger partial charge in [0.2, 0.25) is 0 Å². The molecule has 0 saturated heterocycles. The van der Waals surface area contributed by atoms with Gasteiger partial charge in [0.25, 0.3) is 0 Å². The number of aryl methyl sites for hydroxylation is 5. The second-order valence-corrected chi connectivity index (χ2v) is 21.3. The van der Waals surface area contributed by atoms with E-state index in [0.29, 0.717) is 0 Å². The molecule has 0 spiro atoms. The number of nitrogens with zero attached hydrogens (tertiary/aromatic N) is 3. The molecule has 0 aliphatic heterocycles. The van der Waals surface area contributed by atoms with E-state index in [2.05, 4.69) is 292 Å². The first-order valence-electron chi connectivity index (χ1n) is 27.4. The van der Waals surface area contributed by atoms with Crippen molar-refractivity contribution in [1.82, 2.24) is 0 Å². The topological polar surface area (TPSA) is 9.72 Å². The predicted octanol–water partition coefficient (Wildman–Crippen LogP) is 21.6. The summed E-state index contributed by atoms with van der Waals surface area (Å²) in [5.41, 5.74) is 21.4. The highest BCUT2D eigenvalue weighted by molar-refractivity contribution is 6.27. The normalized spacial score (nSPS) is 12.7. The van der Waals surface area contributed by atoms with Gasteiger partial charge in [-0.3, -0.25) is 0 Å². The van der Waals surface area contributed by atoms with Gasteiger partial charge in [0.1, 0.15) is 0 Å². The van der Waals surface area contributed by atoms with Crippen LogP contribution in [0.15, 0.2) is 230 Å². The Kier molecular flexibility index (Phi) is 13.6. The largest absolute Gasteiger partial charge is 0.310 e. The molecule has 0 heterocycles. The molecule has 0 atom stereocenters. The molecule has 0 unspecified atom stereocenters. The van der Waals surface area contributed by atoms with Crippen molar-refractivity contribution in [2.24, 2.45) is 0 Å². The zero-order chi connectivity index (χ0) is 52.4. The fraction of sp³-hybridized carbons (Fsp3) is 0.135. The van der Waals surface area contributed by atoms with E-state index in [-0.39, 0.29) is 0 Å². The number of hydrogen-bond donors (Lipinski definition) is 0. The average molecular weight is 996 g/mol. The van der Waals surface area contributed by atoms with Crippen molar-refractivity contribution in [2.45, 2.75) is 66.7 Å². The van der Waals surface area contributed by atoms with Crippen LogP contribution >= 0.6 is 0 Å². The van der Waals surface area contributed by atoms with Crippen LogP contribution in [-0.2, 0) is 0 Å². The van der Waals surface area contributed by atoms with E-state index in [1.165, 1.54) is 103 Å². The summed E-state index contributed by atoms with van der Waals surface area (Å²) in [4.78, 5) is 7.18. The van der Waals surface area contributed by atoms with Crippen LogP contribution in [-0.4, -0.2) is 0 Å². The molecule has 3 heteroatoms.